The zero-order valence-corrected chi connectivity index (χ0v) is 8.27. The van der Waals surface area contributed by atoms with E-state index in [0.29, 0.717) is 6.47 Å². The standard InChI is InChI=1S/C11H11FO3/c1-14-10-3-2-7(4-9(10)12)8-5-11(8)15-6-13/h2-4,6,8,11H,5H2,1H3. The third-order valence-electron chi connectivity index (χ3n) is 2.57. The van der Waals surface area contributed by atoms with Crippen LogP contribution in [0, 0.1) is 5.82 Å². The van der Waals surface area contributed by atoms with Crippen molar-refractivity contribution in [1.82, 2.24) is 0 Å². The second-order valence-corrected chi connectivity index (χ2v) is 3.51. The van der Waals surface area contributed by atoms with Crippen molar-refractivity contribution in [3.05, 3.63) is 29.6 Å². The lowest BCUT2D eigenvalue weighted by Crippen LogP contribution is -1.95. The molecule has 0 bridgehead atoms. The van der Waals surface area contributed by atoms with E-state index >= 15 is 0 Å². The highest BCUT2D eigenvalue weighted by Gasteiger charge is 2.40. The summed E-state index contributed by atoms with van der Waals surface area (Å²) in [5.41, 5.74) is 0.847. The fourth-order valence-electron chi connectivity index (χ4n) is 1.66. The Morgan fingerprint density at radius 1 is 1.53 bits per heavy atom. The number of carbonyl (C=O) groups is 1. The Morgan fingerprint density at radius 3 is 2.93 bits per heavy atom. The Morgan fingerprint density at radius 2 is 2.33 bits per heavy atom. The summed E-state index contributed by atoms with van der Waals surface area (Å²) in [6.45, 7) is 0.435. The molecule has 0 radical (unpaired) electrons. The number of ether oxygens (including phenoxy) is 2. The Hall–Kier alpha value is -1.58. The van der Waals surface area contributed by atoms with Gasteiger partial charge in [0.1, 0.15) is 6.10 Å². The minimum absolute atomic E-state index is 0.0877. The third kappa shape index (κ3) is 1.93. The average molecular weight is 210 g/mol. The lowest BCUT2D eigenvalue weighted by atomic mass is 10.1. The molecule has 80 valence electrons. The normalized spacial score (nSPS) is 23.3. The summed E-state index contributed by atoms with van der Waals surface area (Å²) in [6.07, 6.45) is 0.681. The molecule has 1 aromatic carbocycles. The van der Waals surface area contributed by atoms with Crippen molar-refractivity contribution < 1.29 is 18.7 Å². The molecule has 0 aromatic heterocycles. The van der Waals surface area contributed by atoms with Crippen LogP contribution in [0.5, 0.6) is 5.75 Å². The van der Waals surface area contributed by atoms with E-state index in [1.807, 2.05) is 0 Å². The van der Waals surface area contributed by atoms with E-state index in [2.05, 4.69) is 0 Å². The molecule has 2 atom stereocenters. The van der Waals surface area contributed by atoms with Crippen LogP contribution in [-0.4, -0.2) is 19.7 Å². The quantitative estimate of drug-likeness (QED) is 0.711. The first-order valence-corrected chi connectivity index (χ1v) is 4.69. The van der Waals surface area contributed by atoms with Crippen LogP contribution in [0.25, 0.3) is 0 Å². The summed E-state index contributed by atoms with van der Waals surface area (Å²) < 4.78 is 22.9. The Kier molecular flexibility index (Phi) is 2.58. The van der Waals surface area contributed by atoms with Crippen LogP contribution in [0.3, 0.4) is 0 Å². The fraction of sp³-hybridized carbons (Fsp3) is 0.364. The molecular formula is C11H11FO3. The molecule has 0 saturated heterocycles. The second kappa shape index (κ2) is 3.88. The van der Waals surface area contributed by atoms with Gasteiger partial charge in [-0.3, -0.25) is 4.79 Å². The van der Waals surface area contributed by atoms with Crippen molar-refractivity contribution in [3.63, 3.8) is 0 Å². The number of benzene rings is 1. The monoisotopic (exact) mass is 210 g/mol. The fourth-order valence-corrected chi connectivity index (χ4v) is 1.66. The topological polar surface area (TPSA) is 35.5 Å². The van der Waals surface area contributed by atoms with Gasteiger partial charge in [-0.05, 0) is 24.1 Å². The van der Waals surface area contributed by atoms with E-state index in [-0.39, 0.29) is 23.6 Å². The molecule has 1 aliphatic rings. The number of carbonyl (C=O) groups excluding carboxylic acids is 1. The molecule has 0 amide bonds. The molecule has 0 N–H and O–H groups in total. The SMILES string of the molecule is COc1ccc(C2CC2OC=O)cc1F. The summed E-state index contributed by atoms with van der Waals surface area (Å²) in [6, 6.07) is 4.80. The lowest BCUT2D eigenvalue weighted by molar-refractivity contribution is -0.129. The first-order valence-electron chi connectivity index (χ1n) is 4.69. The van der Waals surface area contributed by atoms with Crippen LogP contribution < -0.4 is 4.74 Å². The molecule has 0 spiro atoms. The van der Waals surface area contributed by atoms with Crippen LogP contribution in [0.15, 0.2) is 18.2 Å². The van der Waals surface area contributed by atoms with Gasteiger partial charge in [0.25, 0.3) is 6.47 Å². The van der Waals surface area contributed by atoms with Gasteiger partial charge in [0, 0.05) is 5.92 Å². The largest absolute Gasteiger partial charge is 0.494 e. The molecule has 2 unspecified atom stereocenters. The predicted molar refractivity (Wildman–Crippen MR) is 51.2 cm³/mol. The van der Waals surface area contributed by atoms with Crippen LogP contribution in [0.1, 0.15) is 17.9 Å². The smallest absolute Gasteiger partial charge is 0.293 e. The highest BCUT2D eigenvalue weighted by molar-refractivity contribution is 5.41. The molecule has 1 aliphatic carbocycles. The Bertz CT molecular complexity index is 378. The van der Waals surface area contributed by atoms with E-state index in [1.165, 1.54) is 13.2 Å². The van der Waals surface area contributed by atoms with Gasteiger partial charge in [-0.25, -0.2) is 4.39 Å². The number of rotatable bonds is 4. The molecule has 1 saturated carbocycles. The number of halogens is 1. The van der Waals surface area contributed by atoms with Gasteiger partial charge < -0.3 is 9.47 Å². The summed E-state index contributed by atoms with van der Waals surface area (Å²) in [4.78, 5) is 10.1. The molecule has 3 nitrogen and oxygen atoms in total. The van der Waals surface area contributed by atoms with Gasteiger partial charge in [0.2, 0.25) is 0 Å². The van der Waals surface area contributed by atoms with Crippen molar-refractivity contribution in [2.24, 2.45) is 0 Å². The lowest BCUT2D eigenvalue weighted by Gasteiger charge is -2.04. The molecule has 2 rings (SSSR count). The highest BCUT2D eigenvalue weighted by atomic mass is 19.1. The maximum absolute atomic E-state index is 13.3. The van der Waals surface area contributed by atoms with Crippen molar-refractivity contribution in [2.75, 3.05) is 7.11 Å². The zero-order valence-electron chi connectivity index (χ0n) is 8.27. The first-order chi connectivity index (χ1) is 7.26. The van der Waals surface area contributed by atoms with E-state index in [4.69, 9.17) is 9.47 Å². The van der Waals surface area contributed by atoms with Gasteiger partial charge in [-0.1, -0.05) is 6.07 Å². The predicted octanol–water partition coefficient (Wildman–Crippen LogP) is 1.86. The summed E-state index contributed by atoms with van der Waals surface area (Å²) in [7, 11) is 1.42. The number of hydrogen-bond acceptors (Lipinski definition) is 3. The van der Waals surface area contributed by atoms with Crippen molar-refractivity contribution >= 4 is 6.47 Å². The minimum atomic E-state index is -0.383. The van der Waals surface area contributed by atoms with E-state index < -0.39 is 0 Å². The van der Waals surface area contributed by atoms with Gasteiger partial charge in [-0.15, -0.1) is 0 Å². The first kappa shape index (κ1) is 9.96. The number of hydrogen-bond donors (Lipinski definition) is 0. The van der Waals surface area contributed by atoms with E-state index in [1.54, 1.807) is 12.1 Å². The van der Waals surface area contributed by atoms with Gasteiger partial charge >= 0.3 is 0 Å². The van der Waals surface area contributed by atoms with Crippen molar-refractivity contribution in [2.45, 2.75) is 18.4 Å². The maximum Gasteiger partial charge on any atom is 0.293 e. The highest BCUT2D eigenvalue weighted by Crippen LogP contribution is 2.43. The van der Waals surface area contributed by atoms with E-state index in [0.717, 1.165) is 12.0 Å². The molecule has 0 heterocycles. The van der Waals surface area contributed by atoms with Crippen LogP contribution in [0.2, 0.25) is 0 Å². The van der Waals surface area contributed by atoms with Crippen LogP contribution >= 0.6 is 0 Å². The second-order valence-electron chi connectivity index (χ2n) is 3.51. The summed E-state index contributed by atoms with van der Waals surface area (Å²) in [5.74, 6) is -0.0189. The minimum Gasteiger partial charge on any atom is -0.494 e. The Balaban J connectivity index is 2.11. The van der Waals surface area contributed by atoms with Crippen LogP contribution in [0.4, 0.5) is 4.39 Å². The Labute approximate surface area is 86.8 Å². The summed E-state index contributed by atoms with van der Waals surface area (Å²) in [5, 5.41) is 0. The average Bonchev–Trinajstić information content (AvgIpc) is 2.98. The molecular weight excluding hydrogens is 199 g/mol. The van der Waals surface area contributed by atoms with Crippen molar-refractivity contribution in [3.8, 4) is 5.75 Å². The molecule has 0 aliphatic heterocycles. The summed E-state index contributed by atoms with van der Waals surface area (Å²) >= 11 is 0. The molecule has 4 heteroatoms. The molecule has 15 heavy (non-hydrogen) atoms. The van der Waals surface area contributed by atoms with Crippen molar-refractivity contribution in [1.29, 1.82) is 0 Å². The third-order valence-corrected chi connectivity index (χ3v) is 2.57. The molecule has 1 aromatic rings. The van der Waals surface area contributed by atoms with Gasteiger partial charge in [0.15, 0.2) is 11.6 Å². The number of methoxy groups -OCH3 is 1. The molecule has 1 fully saturated rings. The van der Waals surface area contributed by atoms with E-state index in [9.17, 15) is 9.18 Å². The zero-order chi connectivity index (χ0) is 10.8. The van der Waals surface area contributed by atoms with Crippen LogP contribution in [-0.2, 0) is 9.53 Å². The maximum atomic E-state index is 13.3. The van der Waals surface area contributed by atoms with Gasteiger partial charge in [-0.2, -0.15) is 0 Å². The van der Waals surface area contributed by atoms with Gasteiger partial charge in [0.05, 0.1) is 7.11 Å².